The topological polar surface area (TPSA) is 97.4 Å². The van der Waals surface area contributed by atoms with Gasteiger partial charge < -0.3 is 9.64 Å². The lowest BCUT2D eigenvalue weighted by Gasteiger charge is -2.60. The van der Waals surface area contributed by atoms with E-state index in [0.29, 0.717) is 11.1 Å². The van der Waals surface area contributed by atoms with Gasteiger partial charge in [-0.15, -0.1) is 0 Å². The molecule has 0 unspecified atom stereocenters. The zero-order chi connectivity index (χ0) is 20.1. The number of rotatable bonds is 2. The summed E-state index contributed by atoms with van der Waals surface area (Å²) in [5.74, 6) is -0.383. The van der Waals surface area contributed by atoms with E-state index in [4.69, 9.17) is 15.3 Å². The van der Waals surface area contributed by atoms with E-state index in [1.807, 2.05) is 0 Å². The Morgan fingerprint density at radius 1 is 0.893 bits per heavy atom. The Bertz CT molecular complexity index is 972. The number of carbonyl (C=O) groups excluding carboxylic acids is 2. The minimum Gasteiger partial charge on any atom is -0.348 e. The van der Waals surface area contributed by atoms with Crippen molar-refractivity contribution < 1.29 is 14.3 Å². The molecular weight excluding hydrogens is 356 g/mol. The van der Waals surface area contributed by atoms with E-state index in [-0.39, 0.29) is 5.91 Å². The second kappa shape index (κ2) is 6.19. The fourth-order valence-electron chi connectivity index (χ4n) is 4.01. The molecule has 2 aliphatic rings. The average molecular weight is 372 g/mol. The Morgan fingerprint density at radius 3 is 1.79 bits per heavy atom. The van der Waals surface area contributed by atoms with Crippen molar-refractivity contribution in [2.45, 2.75) is 17.7 Å². The van der Waals surface area contributed by atoms with E-state index in [1.165, 1.54) is 11.9 Å². The third kappa shape index (κ3) is 2.24. The number of amides is 3. The van der Waals surface area contributed by atoms with Gasteiger partial charge in [0, 0.05) is 14.1 Å². The number of likely N-dealkylation sites (N-methyl/N-ethyl adjacent to an activating group) is 2. The van der Waals surface area contributed by atoms with Crippen LogP contribution in [0.4, 0.5) is 4.79 Å². The zero-order valence-electron chi connectivity index (χ0n) is 15.3. The lowest BCUT2D eigenvalue weighted by atomic mass is 9.71. The SMILES string of the molecule is CN1C(=O)[C@@H]2OC(c3ccc(C#N)cc3)(c3ccc(C#N)cc3)[C@@H]2N(C)C1=O. The van der Waals surface area contributed by atoms with E-state index >= 15 is 0 Å². The molecular formula is C21H16N4O3. The van der Waals surface area contributed by atoms with Crippen molar-refractivity contribution in [3.05, 3.63) is 70.8 Å². The number of hydrogen-bond acceptors (Lipinski definition) is 5. The molecule has 2 fully saturated rings. The van der Waals surface area contributed by atoms with Crippen LogP contribution in [0.1, 0.15) is 22.3 Å². The first-order valence-electron chi connectivity index (χ1n) is 8.67. The van der Waals surface area contributed by atoms with Gasteiger partial charge in [-0.25, -0.2) is 4.79 Å². The normalized spacial score (nSPS) is 22.7. The Kier molecular flexibility index (Phi) is 3.92. The summed E-state index contributed by atoms with van der Waals surface area (Å²) in [5.41, 5.74) is 1.40. The maximum Gasteiger partial charge on any atom is 0.326 e. The van der Waals surface area contributed by atoms with E-state index in [1.54, 1.807) is 55.6 Å². The van der Waals surface area contributed by atoms with Gasteiger partial charge in [-0.3, -0.25) is 9.69 Å². The van der Waals surface area contributed by atoms with E-state index in [9.17, 15) is 9.59 Å². The van der Waals surface area contributed by atoms with Crippen LogP contribution in [0.3, 0.4) is 0 Å². The van der Waals surface area contributed by atoms with Crippen LogP contribution in [0.5, 0.6) is 0 Å². The number of hydrogen-bond donors (Lipinski definition) is 0. The van der Waals surface area contributed by atoms with E-state index in [2.05, 4.69) is 12.1 Å². The van der Waals surface area contributed by atoms with Gasteiger partial charge in [0.05, 0.1) is 23.3 Å². The predicted octanol–water partition coefficient (Wildman–Crippen LogP) is 1.96. The van der Waals surface area contributed by atoms with Gasteiger partial charge in [0.2, 0.25) is 0 Å². The molecule has 3 amide bonds. The highest BCUT2D eigenvalue weighted by Gasteiger charge is 2.66. The molecule has 0 aromatic heterocycles. The lowest BCUT2D eigenvalue weighted by molar-refractivity contribution is -0.247. The molecule has 0 spiro atoms. The number of nitrogens with zero attached hydrogens (tertiary/aromatic N) is 4. The second-order valence-corrected chi connectivity index (χ2v) is 6.89. The lowest BCUT2D eigenvalue weighted by Crippen LogP contribution is -2.77. The maximum absolute atomic E-state index is 12.6. The van der Waals surface area contributed by atoms with Crippen molar-refractivity contribution in [1.29, 1.82) is 10.5 Å². The van der Waals surface area contributed by atoms with Gasteiger partial charge in [0.25, 0.3) is 5.91 Å². The summed E-state index contributed by atoms with van der Waals surface area (Å²) in [6, 6.07) is 17.0. The second-order valence-electron chi connectivity index (χ2n) is 6.89. The Labute approximate surface area is 162 Å². The fraction of sp³-hybridized carbons (Fsp3) is 0.238. The van der Waals surface area contributed by atoms with Gasteiger partial charge in [-0.05, 0) is 35.4 Å². The smallest absolute Gasteiger partial charge is 0.326 e. The minimum atomic E-state index is -1.06. The molecule has 7 nitrogen and oxygen atoms in total. The van der Waals surface area contributed by atoms with Gasteiger partial charge in [0.1, 0.15) is 11.6 Å². The monoisotopic (exact) mass is 372 g/mol. The molecule has 2 heterocycles. The first-order chi connectivity index (χ1) is 13.4. The van der Waals surface area contributed by atoms with Crippen molar-refractivity contribution in [2.75, 3.05) is 14.1 Å². The van der Waals surface area contributed by atoms with Gasteiger partial charge in [0.15, 0.2) is 6.10 Å². The third-order valence-corrected chi connectivity index (χ3v) is 5.48. The maximum atomic E-state index is 12.6. The van der Waals surface area contributed by atoms with Gasteiger partial charge in [-0.2, -0.15) is 10.5 Å². The highest BCUT2D eigenvalue weighted by Crippen LogP contribution is 2.51. The minimum absolute atomic E-state index is 0.383. The summed E-state index contributed by atoms with van der Waals surface area (Å²) in [6.07, 6.45) is -0.779. The van der Waals surface area contributed by atoms with Crippen molar-refractivity contribution in [2.24, 2.45) is 0 Å². The molecule has 0 saturated carbocycles. The summed E-state index contributed by atoms with van der Waals surface area (Å²) in [6.45, 7) is 0. The summed E-state index contributed by atoms with van der Waals surface area (Å²) in [5, 5.41) is 18.2. The van der Waals surface area contributed by atoms with Crippen LogP contribution in [-0.4, -0.2) is 48.0 Å². The third-order valence-electron chi connectivity index (χ3n) is 5.48. The Morgan fingerprint density at radius 2 is 1.36 bits per heavy atom. The summed E-state index contributed by atoms with van der Waals surface area (Å²) < 4.78 is 6.20. The first-order valence-corrected chi connectivity index (χ1v) is 8.67. The van der Waals surface area contributed by atoms with E-state index < -0.39 is 23.8 Å². The van der Waals surface area contributed by atoms with Crippen LogP contribution < -0.4 is 0 Å². The van der Waals surface area contributed by atoms with Crippen LogP contribution in [-0.2, 0) is 15.1 Å². The quantitative estimate of drug-likeness (QED) is 0.803. The molecule has 7 heteroatoms. The Hall–Kier alpha value is -3.68. The van der Waals surface area contributed by atoms with Gasteiger partial charge in [-0.1, -0.05) is 24.3 Å². The van der Waals surface area contributed by atoms with Crippen molar-refractivity contribution in [3.8, 4) is 12.1 Å². The number of imide groups is 1. The van der Waals surface area contributed by atoms with Crippen molar-refractivity contribution >= 4 is 11.9 Å². The standard InChI is InChI=1S/C21H16N4O3/c1-24-18-17(19(26)25(2)20(24)27)28-21(18,15-7-3-13(11-22)4-8-15)16-9-5-14(12-23)6-10-16/h3-10,17-18H,1-2H3/t17-,18-/m1/s1. The zero-order valence-corrected chi connectivity index (χ0v) is 15.3. The summed E-state index contributed by atoms with van der Waals surface area (Å²) in [4.78, 5) is 27.7. The van der Waals surface area contributed by atoms with Crippen LogP contribution in [0, 0.1) is 22.7 Å². The number of nitriles is 2. The fourth-order valence-corrected chi connectivity index (χ4v) is 4.01. The summed E-state index contributed by atoms with van der Waals surface area (Å²) >= 11 is 0. The largest absolute Gasteiger partial charge is 0.348 e. The highest BCUT2D eigenvalue weighted by molar-refractivity contribution is 6.00. The first kappa shape index (κ1) is 17.7. The highest BCUT2D eigenvalue weighted by atomic mass is 16.6. The molecule has 28 heavy (non-hydrogen) atoms. The molecule has 2 saturated heterocycles. The molecule has 2 atom stereocenters. The number of fused-ring (bicyclic) bond motifs is 1. The molecule has 4 rings (SSSR count). The molecule has 0 N–H and O–H groups in total. The number of ether oxygens (including phenoxy) is 1. The average Bonchev–Trinajstić information content (AvgIpc) is 2.72. The number of carbonyl (C=O) groups is 2. The number of urea groups is 1. The van der Waals surface area contributed by atoms with Crippen LogP contribution in [0.15, 0.2) is 48.5 Å². The Balaban J connectivity index is 1.88. The summed E-state index contributed by atoms with van der Waals surface area (Å²) in [7, 11) is 3.08. The number of benzene rings is 2. The molecule has 0 radical (unpaired) electrons. The van der Waals surface area contributed by atoms with Gasteiger partial charge >= 0.3 is 6.03 Å². The molecule has 2 aromatic carbocycles. The van der Waals surface area contributed by atoms with Crippen molar-refractivity contribution in [3.63, 3.8) is 0 Å². The predicted molar refractivity (Wildman–Crippen MR) is 97.7 cm³/mol. The van der Waals surface area contributed by atoms with E-state index in [0.717, 1.165) is 16.0 Å². The molecule has 138 valence electrons. The molecule has 0 bridgehead atoms. The van der Waals surface area contributed by atoms with Crippen LogP contribution in [0.2, 0.25) is 0 Å². The van der Waals surface area contributed by atoms with Crippen LogP contribution >= 0.6 is 0 Å². The molecule has 2 aromatic rings. The van der Waals surface area contributed by atoms with Crippen molar-refractivity contribution in [1.82, 2.24) is 9.80 Å². The molecule has 0 aliphatic carbocycles. The molecule has 2 aliphatic heterocycles. The van der Waals surface area contributed by atoms with Crippen LogP contribution in [0.25, 0.3) is 0 Å².